The summed E-state index contributed by atoms with van der Waals surface area (Å²) in [6, 6.07) is 4.94. The van der Waals surface area contributed by atoms with Crippen LogP contribution in [0, 0.1) is 18.6 Å². The number of aryl methyl sites for hydroxylation is 2. The van der Waals surface area contributed by atoms with Crippen LogP contribution >= 0.6 is 11.3 Å². The van der Waals surface area contributed by atoms with Crippen LogP contribution in [-0.4, -0.2) is 18.0 Å². The Hall–Kier alpha value is -2.28. The molecular formula is C17H17F2NO3S. The summed E-state index contributed by atoms with van der Waals surface area (Å²) in [4.78, 5) is 25.5. The quantitative estimate of drug-likeness (QED) is 0.824. The van der Waals surface area contributed by atoms with Crippen LogP contribution in [0.3, 0.4) is 0 Å². The number of hydrogen-bond donors (Lipinski definition) is 1. The fourth-order valence-corrected chi connectivity index (χ4v) is 3.08. The number of benzene rings is 1. The minimum atomic E-state index is -1.19. The molecule has 1 atom stereocenters. The lowest BCUT2D eigenvalue weighted by Gasteiger charge is -2.13. The normalized spacial score (nSPS) is 11.9. The first-order valence-corrected chi connectivity index (χ1v) is 8.20. The number of anilines is 1. The third-order valence-corrected chi connectivity index (χ3v) is 4.77. The van der Waals surface area contributed by atoms with Crippen molar-refractivity contribution in [3.05, 3.63) is 51.2 Å². The van der Waals surface area contributed by atoms with E-state index in [1.807, 2.05) is 13.8 Å². The number of thiophene rings is 1. The first kappa shape index (κ1) is 18.1. The van der Waals surface area contributed by atoms with E-state index in [1.165, 1.54) is 24.3 Å². The maximum atomic E-state index is 13.5. The van der Waals surface area contributed by atoms with Crippen LogP contribution in [0.2, 0.25) is 0 Å². The monoisotopic (exact) mass is 353 g/mol. The molecule has 4 nitrogen and oxygen atoms in total. The molecule has 0 aliphatic carbocycles. The summed E-state index contributed by atoms with van der Waals surface area (Å²) in [7, 11) is 0. The maximum Gasteiger partial charge on any atom is 0.349 e. The highest BCUT2D eigenvalue weighted by atomic mass is 32.1. The predicted octanol–water partition coefficient (Wildman–Crippen LogP) is 4.08. The van der Waals surface area contributed by atoms with E-state index >= 15 is 0 Å². The second-order valence-electron chi connectivity index (χ2n) is 5.20. The van der Waals surface area contributed by atoms with E-state index < -0.39 is 35.3 Å². The Balaban J connectivity index is 2.04. The largest absolute Gasteiger partial charge is 0.448 e. The second-order valence-corrected chi connectivity index (χ2v) is 6.34. The van der Waals surface area contributed by atoms with E-state index in [4.69, 9.17) is 4.74 Å². The van der Waals surface area contributed by atoms with Gasteiger partial charge in [0.25, 0.3) is 5.91 Å². The average Bonchev–Trinajstić information content (AvgIpc) is 2.92. The van der Waals surface area contributed by atoms with Gasteiger partial charge in [-0.25, -0.2) is 13.6 Å². The van der Waals surface area contributed by atoms with Crippen LogP contribution < -0.4 is 5.32 Å². The number of rotatable bonds is 5. The lowest BCUT2D eigenvalue weighted by molar-refractivity contribution is -0.123. The lowest BCUT2D eigenvalue weighted by Crippen LogP contribution is -2.30. The number of amides is 1. The van der Waals surface area contributed by atoms with Gasteiger partial charge in [-0.15, -0.1) is 11.3 Å². The Morgan fingerprint density at radius 1 is 1.29 bits per heavy atom. The first-order chi connectivity index (χ1) is 11.3. The summed E-state index contributed by atoms with van der Waals surface area (Å²) in [5.41, 5.74) is 0.422. The number of carbonyl (C=O) groups is 2. The third kappa shape index (κ3) is 3.97. The van der Waals surface area contributed by atoms with Crippen molar-refractivity contribution in [1.29, 1.82) is 0 Å². The van der Waals surface area contributed by atoms with E-state index in [-0.39, 0.29) is 0 Å². The Kier molecular flexibility index (Phi) is 5.66. The molecule has 1 heterocycles. The summed E-state index contributed by atoms with van der Waals surface area (Å²) in [6.45, 7) is 5.21. The molecule has 1 amide bonds. The Morgan fingerprint density at radius 3 is 2.46 bits per heavy atom. The molecule has 0 spiro atoms. The number of nitrogens with one attached hydrogen (secondary N) is 1. The second kappa shape index (κ2) is 7.53. The molecule has 0 saturated heterocycles. The molecular weight excluding hydrogens is 336 g/mol. The molecule has 7 heteroatoms. The van der Waals surface area contributed by atoms with E-state index in [9.17, 15) is 18.4 Å². The molecule has 0 fully saturated rings. The number of esters is 1. The van der Waals surface area contributed by atoms with Gasteiger partial charge in [0.05, 0.1) is 0 Å². The van der Waals surface area contributed by atoms with Crippen molar-refractivity contribution in [2.24, 2.45) is 0 Å². The highest BCUT2D eigenvalue weighted by Gasteiger charge is 2.22. The minimum absolute atomic E-state index is 0.390. The first-order valence-electron chi connectivity index (χ1n) is 7.38. The molecule has 1 aromatic carbocycles. The zero-order valence-electron chi connectivity index (χ0n) is 13.5. The topological polar surface area (TPSA) is 55.4 Å². The van der Waals surface area contributed by atoms with Crippen LogP contribution in [0.4, 0.5) is 14.5 Å². The third-order valence-electron chi connectivity index (χ3n) is 3.41. The Bertz CT molecular complexity index is 753. The van der Waals surface area contributed by atoms with Crippen molar-refractivity contribution < 1.29 is 23.1 Å². The van der Waals surface area contributed by atoms with Crippen LogP contribution in [-0.2, 0) is 16.0 Å². The molecule has 2 aromatic rings. The average molecular weight is 353 g/mol. The molecule has 0 aliphatic rings. The zero-order valence-corrected chi connectivity index (χ0v) is 14.3. The van der Waals surface area contributed by atoms with Gasteiger partial charge < -0.3 is 10.1 Å². The van der Waals surface area contributed by atoms with Crippen LogP contribution in [0.1, 0.15) is 34.0 Å². The van der Waals surface area contributed by atoms with Gasteiger partial charge in [0.15, 0.2) is 6.10 Å². The molecule has 0 aliphatic heterocycles. The van der Waals surface area contributed by atoms with E-state index in [2.05, 4.69) is 5.32 Å². The van der Waals surface area contributed by atoms with E-state index in [0.29, 0.717) is 4.88 Å². The van der Waals surface area contributed by atoms with Gasteiger partial charge in [-0.1, -0.05) is 13.0 Å². The van der Waals surface area contributed by atoms with Gasteiger partial charge in [0.2, 0.25) is 0 Å². The molecule has 0 radical (unpaired) electrons. The van der Waals surface area contributed by atoms with Crippen molar-refractivity contribution in [1.82, 2.24) is 0 Å². The molecule has 1 aromatic heterocycles. The fourth-order valence-electron chi connectivity index (χ4n) is 2.09. The number of para-hydroxylation sites is 1. The molecule has 1 N–H and O–H groups in total. The highest BCUT2D eigenvalue weighted by Crippen LogP contribution is 2.24. The number of halogens is 2. The van der Waals surface area contributed by atoms with Crippen LogP contribution in [0.5, 0.6) is 0 Å². The predicted molar refractivity (Wildman–Crippen MR) is 88.3 cm³/mol. The van der Waals surface area contributed by atoms with Crippen molar-refractivity contribution in [3.63, 3.8) is 0 Å². The van der Waals surface area contributed by atoms with Crippen molar-refractivity contribution >= 4 is 28.9 Å². The molecule has 0 unspecified atom stereocenters. The summed E-state index contributed by atoms with van der Waals surface area (Å²) in [5.74, 6) is -3.25. The molecule has 0 bridgehead atoms. The SMILES string of the molecule is CCc1sc(C(=O)O[C@@H](C)C(=O)Nc2c(F)cccc2F)cc1C. The minimum Gasteiger partial charge on any atom is -0.448 e. The zero-order chi connectivity index (χ0) is 17.9. The maximum absolute atomic E-state index is 13.5. The summed E-state index contributed by atoms with van der Waals surface area (Å²) < 4.78 is 32.1. The van der Waals surface area contributed by atoms with E-state index in [0.717, 1.165) is 29.0 Å². The van der Waals surface area contributed by atoms with Gasteiger partial charge >= 0.3 is 5.97 Å². The standard InChI is InChI=1S/C17H17F2NO3S/c1-4-13-9(2)8-14(24-13)17(22)23-10(3)16(21)20-15-11(18)6-5-7-12(15)19/h5-8,10H,4H2,1-3H3,(H,20,21)/t10-/m0/s1. The lowest BCUT2D eigenvalue weighted by atomic mass is 10.2. The van der Waals surface area contributed by atoms with Crippen LogP contribution in [0.15, 0.2) is 24.3 Å². The van der Waals surface area contributed by atoms with Crippen molar-refractivity contribution in [2.45, 2.75) is 33.3 Å². The van der Waals surface area contributed by atoms with E-state index in [1.54, 1.807) is 6.07 Å². The molecule has 128 valence electrons. The Morgan fingerprint density at radius 2 is 1.92 bits per heavy atom. The van der Waals surface area contributed by atoms with Gasteiger partial charge in [-0.2, -0.15) is 0 Å². The molecule has 2 rings (SSSR count). The van der Waals surface area contributed by atoms with Gasteiger partial charge in [-0.3, -0.25) is 4.79 Å². The van der Waals surface area contributed by atoms with Gasteiger partial charge in [0, 0.05) is 4.88 Å². The highest BCUT2D eigenvalue weighted by molar-refractivity contribution is 7.14. The number of ether oxygens (including phenoxy) is 1. The molecule has 24 heavy (non-hydrogen) atoms. The Labute approximate surface area is 142 Å². The fraction of sp³-hybridized carbons (Fsp3) is 0.294. The number of hydrogen-bond acceptors (Lipinski definition) is 4. The van der Waals surface area contributed by atoms with Gasteiger partial charge in [-0.05, 0) is 44.0 Å². The summed E-state index contributed by atoms with van der Waals surface area (Å²) in [6.07, 6.45) is -0.393. The summed E-state index contributed by atoms with van der Waals surface area (Å²) in [5, 5.41) is 2.10. The van der Waals surface area contributed by atoms with Crippen LogP contribution in [0.25, 0.3) is 0 Å². The molecule has 0 saturated carbocycles. The van der Waals surface area contributed by atoms with Crippen molar-refractivity contribution in [2.75, 3.05) is 5.32 Å². The van der Waals surface area contributed by atoms with Crippen molar-refractivity contribution in [3.8, 4) is 0 Å². The summed E-state index contributed by atoms with van der Waals surface area (Å²) >= 11 is 1.30. The number of carbonyl (C=O) groups excluding carboxylic acids is 2. The van der Waals surface area contributed by atoms with Gasteiger partial charge in [0.1, 0.15) is 22.2 Å². The smallest absolute Gasteiger partial charge is 0.349 e.